The molecule has 0 aliphatic carbocycles. The van der Waals surface area contributed by atoms with Gasteiger partial charge in [-0.3, -0.25) is 9.89 Å². The van der Waals surface area contributed by atoms with Gasteiger partial charge in [-0.1, -0.05) is 18.2 Å². The molecule has 1 aromatic heterocycles. The Hall–Kier alpha value is -2.83. The summed E-state index contributed by atoms with van der Waals surface area (Å²) in [6, 6.07) is 9.80. The molecule has 0 unspecified atom stereocenters. The van der Waals surface area contributed by atoms with Gasteiger partial charge < -0.3 is 0 Å². The summed E-state index contributed by atoms with van der Waals surface area (Å²) in [5.41, 5.74) is -0.819. The van der Waals surface area contributed by atoms with Crippen molar-refractivity contribution in [3.05, 3.63) is 76.1 Å². The zero-order valence-electron chi connectivity index (χ0n) is 10.9. The average Bonchev–Trinajstić information content (AvgIpc) is 2.91. The quantitative estimate of drug-likeness (QED) is 0.440. The Morgan fingerprint density at radius 2 is 1.55 bits per heavy atom. The number of hydrogen-bond acceptors (Lipinski definition) is 1. The molecule has 0 aliphatic heterocycles. The van der Waals surface area contributed by atoms with Gasteiger partial charge in [-0.25, -0.2) is 22.2 Å². The molecule has 0 saturated heterocycles. The number of aromatic nitrogens is 2. The number of nitrogens with one attached hydrogen (secondary N) is 1. The number of aromatic amines is 1. The van der Waals surface area contributed by atoms with Gasteiger partial charge >= 0.3 is 0 Å². The summed E-state index contributed by atoms with van der Waals surface area (Å²) in [5, 5.41) is 2.54. The predicted molar refractivity (Wildman–Crippen MR) is 71.7 cm³/mol. The standard InChI is InChI=1S/C15H8F4N2O/c16-10-6-9(13(17)15(19)14(10)18)11-7-12(22)21(20-11)8-4-2-1-3-5-8/h1-7,20H. The van der Waals surface area contributed by atoms with E-state index < -0.39 is 34.4 Å². The molecule has 0 radical (unpaired) electrons. The molecular formula is C15H8F4N2O. The van der Waals surface area contributed by atoms with Crippen molar-refractivity contribution >= 4 is 0 Å². The minimum atomic E-state index is -1.93. The Kier molecular flexibility index (Phi) is 3.32. The molecule has 3 aromatic rings. The van der Waals surface area contributed by atoms with Crippen molar-refractivity contribution in [2.75, 3.05) is 0 Å². The van der Waals surface area contributed by atoms with Gasteiger partial charge in [-0.05, 0) is 18.2 Å². The molecule has 7 heteroatoms. The first kappa shape index (κ1) is 14.1. The number of nitrogens with zero attached hydrogens (tertiary/aromatic N) is 1. The fourth-order valence-electron chi connectivity index (χ4n) is 2.07. The van der Waals surface area contributed by atoms with Crippen LogP contribution in [0.1, 0.15) is 0 Å². The van der Waals surface area contributed by atoms with Crippen LogP contribution in [0, 0.1) is 23.3 Å². The summed E-state index contributed by atoms with van der Waals surface area (Å²) in [6.45, 7) is 0. The van der Waals surface area contributed by atoms with Crippen molar-refractivity contribution in [1.29, 1.82) is 0 Å². The smallest absolute Gasteiger partial charge is 0.271 e. The normalized spacial score (nSPS) is 10.9. The maximum Gasteiger partial charge on any atom is 0.271 e. The molecule has 2 aromatic carbocycles. The van der Waals surface area contributed by atoms with Crippen LogP contribution in [-0.2, 0) is 0 Å². The van der Waals surface area contributed by atoms with Gasteiger partial charge in [0.25, 0.3) is 5.56 Å². The molecule has 0 spiro atoms. The van der Waals surface area contributed by atoms with E-state index in [0.717, 1.165) is 10.7 Å². The Balaban J connectivity index is 2.18. The zero-order chi connectivity index (χ0) is 15.9. The second-order valence-electron chi connectivity index (χ2n) is 4.53. The maximum atomic E-state index is 13.8. The molecule has 0 atom stereocenters. The van der Waals surface area contributed by atoms with Gasteiger partial charge in [0.1, 0.15) is 0 Å². The second-order valence-corrected chi connectivity index (χ2v) is 4.53. The molecule has 1 heterocycles. The van der Waals surface area contributed by atoms with Crippen molar-refractivity contribution in [1.82, 2.24) is 9.78 Å². The van der Waals surface area contributed by atoms with Crippen LogP contribution in [-0.4, -0.2) is 9.78 Å². The summed E-state index contributed by atoms with van der Waals surface area (Å²) < 4.78 is 54.3. The fraction of sp³-hybridized carbons (Fsp3) is 0. The molecule has 3 rings (SSSR count). The Morgan fingerprint density at radius 1 is 0.864 bits per heavy atom. The lowest BCUT2D eigenvalue weighted by atomic mass is 10.1. The van der Waals surface area contributed by atoms with Gasteiger partial charge in [0.15, 0.2) is 23.3 Å². The lowest BCUT2D eigenvalue weighted by Gasteiger charge is -2.05. The molecule has 0 aliphatic rings. The maximum absolute atomic E-state index is 13.8. The van der Waals surface area contributed by atoms with Gasteiger partial charge in [-0.15, -0.1) is 0 Å². The Bertz CT molecular complexity index is 900. The number of rotatable bonds is 2. The van der Waals surface area contributed by atoms with E-state index in [1.807, 2.05) is 0 Å². The van der Waals surface area contributed by atoms with Crippen LogP contribution in [0.3, 0.4) is 0 Å². The number of hydrogen-bond donors (Lipinski definition) is 1. The molecule has 0 amide bonds. The first-order valence-corrected chi connectivity index (χ1v) is 6.20. The number of halogens is 4. The minimum absolute atomic E-state index is 0.163. The predicted octanol–water partition coefficient (Wildman–Crippen LogP) is 3.39. The third-order valence-electron chi connectivity index (χ3n) is 3.13. The van der Waals surface area contributed by atoms with Crippen LogP contribution in [0.4, 0.5) is 17.6 Å². The van der Waals surface area contributed by atoms with Gasteiger partial charge in [0.05, 0.1) is 11.4 Å². The summed E-state index contributed by atoms with van der Waals surface area (Å²) in [5.74, 6) is -6.93. The van der Waals surface area contributed by atoms with Crippen LogP contribution in [0.25, 0.3) is 16.9 Å². The number of para-hydroxylation sites is 1. The van der Waals surface area contributed by atoms with Gasteiger partial charge in [0, 0.05) is 11.6 Å². The largest absolute Gasteiger partial charge is 0.290 e. The number of benzene rings is 2. The van der Waals surface area contributed by atoms with E-state index in [9.17, 15) is 22.4 Å². The van der Waals surface area contributed by atoms with Crippen molar-refractivity contribution in [3.8, 4) is 16.9 Å². The van der Waals surface area contributed by atoms with E-state index >= 15 is 0 Å². The van der Waals surface area contributed by atoms with Crippen LogP contribution in [0.5, 0.6) is 0 Å². The third-order valence-corrected chi connectivity index (χ3v) is 3.13. The first-order chi connectivity index (χ1) is 10.5. The highest BCUT2D eigenvalue weighted by molar-refractivity contribution is 5.60. The minimum Gasteiger partial charge on any atom is -0.290 e. The molecule has 0 fully saturated rings. The average molecular weight is 308 g/mol. The van der Waals surface area contributed by atoms with E-state index in [4.69, 9.17) is 0 Å². The molecule has 0 saturated carbocycles. The van der Waals surface area contributed by atoms with E-state index in [1.54, 1.807) is 30.3 Å². The van der Waals surface area contributed by atoms with Crippen molar-refractivity contribution < 1.29 is 17.6 Å². The molecular weight excluding hydrogens is 300 g/mol. The lowest BCUT2D eigenvalue weighted by Crippen LogP contribution is -2.12. The van der Waals surface area contributed by atoms with E-state index in [-0.39, 0.29) is 5.69 Å². The lowest BCUT2D eigenvalue weighted by molar-refractivity contribution is 0.410. The topological polar surface area (TPSA) is 37.8 Å². The van der Waals surface area contributed by atoms with Crippen LogP contribution >= 0.6 is 0 Å². The summed E-state index contributed by atoms with van der Waals surface area (Å²) in [7, 11) is 0. The SMILES string of the molecule is O=c1cc(-c2cc(F)c(F)c(F)c2F)[nH]n1-c1ccccc1. The fourth-order valence-corrected chi connectivity index (χ4v) is 2.07. The van der Waals surface area contributed by atoms with Crippen LogP contribution in [0.15, 0.2) is 47.3 Å². The molecule has 22 heavy (non-hydrogen) atoms. The highest BCUT2D eigenvalue weighted by Gasteiger charge is 2.21. The van der Waals surface area contributed by atoms with E-state index in [2.05, 4.69) is 5.10 Å². The van der Waals surface area contributed by atoms with Crippen LogP contribution in [0.2, 0.25) is 0 Å². The molecule has 112 valence electrons. The molecule has 3 nitrogen and oxygen atoms in total. The summed E-state index contributed by atoms with van der Waals surface area (Å²) in [4.78, 5) is 11.9. The van der Waals surface area contributed by atoms with Crippen molar-refractivity contribution in [3.63, 3.8) is 0 Å². The monoisotopic (exact) mass is 308 g/mol. The van der Waals surface area contributed by atoms with Gasteiger partial charge in [0.2, 0.25) is 0 Å². The summed E-state index contributed by atoms with van der Waals surface area (Å²) >= 11 is 0. The molecule has 1 N–H and O–H groups in total. The van der Waals surface area contributed by atoms with E-state index in [0.29, 0.717) is 11.8 Å². The second kappa shape index (κ2) is 5.18. The van der Waals surface area contributed by atoms with Crippen molar-refractivity contribution in [2.45, 2.75) is 0 Å². The van der Waals surface area contributed by atoms with Crippen molar-refractivity contribution in [2.24, 2.45) is 0 Å². The number of H-pyrrole nitrogens is 1. The third kappa shape index (κ3) is 2.20. The van der Waals surface area contributed by atoms with Gasteiger partial charge in [-0.2, -0.15) is 0 Å². The Labute approximate surface area is 121 Å². The highest BCUT2D eigenvalue weighted by Crippen LogP contribution is 2.26. The highest BCUT2D eigenvalue weighted by atomic mass is 19.2. The van der Waals surface area contributed by atoms with Crippen LogP contribution < -0.4 is 5.56 Å². The zero-order valence-corrected chi connectivity index (χ0v) is 10.9. The Morgan fingerprint density at radius 3 is 2.23 bits per heavy atom. The van der Waals surface area contributed by atoms with E-state index in [1.165, 1.54) is 0 Å². The summed E-state index contributed by atoms with van der Waals surface area (Å²) in [6.07, 6.45) is 0. The molecule has 0 bridgehead atoms. The first-order valence-electron chi connectivity index (χ1n) is 6.20.